The maximum atomic E-state index is 13.5. The van der Waals surface area contributed by atoms with Crippen LogP contribution in [0.4, 0.5) is 15.9 Å². The molecule has 0 radical (unpaired) electrons. The van der Waals surface area contributed by atoms with Crippen molar-refractivity contribution in [2.24, 2.45) is 0 Å². The molecule has 2 aromatic heterocycles. The second-order valence-electron chi connectivity index (χ2n) is 9.92. The summed E-state index contributed by atoms with van der Waals surface area (Å²) in [6.45, 7) is 3.87. The van der Waals surface area contributed by atoms with E-state index in [9.17, 15) is 4.39 Å². The number of aromatic nitrogens is 2. The van der Waals surface area contributed by atoms with Crippen molar-refractivity contribution in [3.63, 3.8) is 0 Å². The van der Waals surface area contributed by atoms with Gasteiger partial charge in [-0.25, -0.2) is 14.4 Å². The van der Waals surface area contributed by atoms with Crippen LogP contribution in [0.25, 0.3) is 22.2 Å². The lowest BCUT2D eigenvalue weighted by molar-refractivity contribution is 0.137. The lowest BCUT2D eigenvalue weighted by Crippen LogP contribution is -2.57. The topological polar surface area (TPSA) is 75.5 Å². The third-order valence-corrected chi connectivity index (χ3v) is 7.58. The van der Waals surface area contributed by atoms with Crippen LogP contribution in [0.5, 0.6) is 5.75 Å². The van der Waals surface area contributed by atoms with Gasteiger partial charge in [0.2, 0.25) is 0 Å². The van der Waals surface area contributed by atoms with Gasteiger partial charge in [0, 0.05) is 48.1 Å². The Labute approximate surface area is 248 Å². The fourth-order valence-corrected chi connectivity index (χ4v) is 5.29. The molecule has 0 saturated carbocycles. The van der Waals surface area contributed by atoms with E-state index in [1.54, 1.807) is 24.3 Å². The summed E-state index contributed by atoms with van der Waals surface area (Å²) in [5.41, 5.74) is 3.21. The number of ether oxygens (including phenoxy) is 1. The van der Waals surface area contributed by atoms with Gasteiger partial charge in [0.25, 0.3) is 0 Å². The van der Waals surface area contributed by atoms with E-state index in [1.807, 2.05) is 36.4 Å². The van der Waals surface area contributed by atoms with Crippen molar-refractivity contribution in [3.8, 4) is 17.1 Å². The molecule has 6 rings (SSSR count). The number of fused-ring (bicyclic) bond motifs is 1. The smallest absolute Gasteiger partial charge is 0.141 e. The molecule has 210 valence electrons. The SMILES string of the molecule is Fc1cccc(COc2ccc(Nc3ncnc4ccc(-c5ccc(CN(CCS)C6CNC6)o5)cc34)cc2Cl)c1. The molecular weight excluding hydrogens is 561 g/mol. The highest BCUT2D eigenvalue weighted by molar-refractivity contribution is 7.80. The van der Waals surface area contributed by atoms with E-state index >= 15 is 0 Å². The number of thiol groups is 1. The Kier molecular flexibility index (Phi) is 8.38. The predicted molar refractivity (Wildman–Crippen MR) is 164 cm³/mol. The summed E-state index contributed by atoms with van der Waals surface area (Å²) in [5, 5.41) is 7.97. The van der Waals surface area contributed by atoms with Crippen LogP contribution in [-0.2, 0) is 13.2 Å². The van der Waals surface area contributed by atoms with Crippen molar-refractivity contribution in [2.45, 2.75) is 19.2 Å². The van der Waals surface area contributed by atoms with Crippen molar-refractivity contribution in [1.29, 1.82) is 0 Å². The molecule has 1 aliphatic heterocycles. The van der Waals surface area contributed by atoms with Gasteiger partial charge < -0.3 is 19.8 Å². The lowest BCUT2D eigenvalue weighted by Gasteiger charge is -2.37. The summed E-state index contributed by atoms with van der Waals surface area (Å²) < 4.78 is 25.5. The summed E-state index contributed by atoms with van der Waals surface area (Å²) in [6, 6.07) is 22.3. The van der Waals surface area contributed by atoms with E-state index in [1.165, 1.54) is 18.5 Å². The van der Waals surface area contributed by atoms with E-state index in [0.29, 0.717) is 22.6 Å². The van der Waals surface area contributed by atoms with E-state index in [-0.39, 0.29) is 12.4 Å². The van der Waals surface area contributed by atoms with Crippen LogP contribution in [0, 0.1) is 5.82 Å². The number of benzene rings is 3. The number of hydrogen-bond donors (Lipinski definition) is 3. The first-order chi connectivity index (χ1) is 20.1. The zero-order valence-electron chi connectivity index (χ0n) is 22.2. The van der Waals surface area contributed by atoms with Crippen molar-refractivity contribution in [1.82, 2.24) is 20.2 Å². The Bertz CT molecular complexity index is 1660. The first kappa shape index (κ1) is 27.5. The molecule has 2 N–H and O–H groups in total. The molecule has 7 nitrogen and oxygen atoms in total. The fourth-order valence-electron chi connectivity index (χ4n) is 4.80. The van der Waals surface area contributed by atoms with E-state index in [2.05, 4.69) is 38.1 Å². The van der Waals surface area contributed by atoms with Gasteiger partial charge in [-0.05, 0) is 66.2 Å². The van der Waals surface area contributed by atoms with Gasteiger partial charge >= 0.3 is 0 Å². The highest BCUT2D eigenvalue weighted by Gasteiger charge is 2.25. The zero-order valence-corrected chi connectivity index (χ0v) is 23.8. The van der Waals surface area contributed by atoms with Crippen LogP contribution >= 0.6 is 24.2 Å². The summed E-state index contributed by atoms with van der Waals surface area (Å²) >= 11 is 10.9. The molecule has 0 atom stereocenters. The largest absolute Gasteiger partial charge is 0.487 e. The Morgan fingerprint density at radius 3 is 2.76 bits per heavy atom. The maximum Gasteiger partial charge on any atom is 0.141 e. The molecule has 0 aliphatic carbocycles. The molecule has 1 saturated heterocycles. The van der Waals surface area contributed by atoms with Gasteiger partial charge in [-0.2, -0.15) is 12.6 Å². The Hall–Kier alpha value is -3.63. The van der Waals surface area contributed by atoms with Gasteiger partial charge in [0.05, 0.1) is 17.1 Å². The number of rotatable bonds is 11. The third-order valence-electron chi connectivity index (χ3n) is 7.08. The van der Waals surface area contributed by atoms with Gasteiger partial charge in [-0.15, -0.1) is 0 Å². The van der Waals surface area contributed by atoms with Crippen molar-refractivity contribution in [3.05, 3.63) is 101 Å². The number of nitrogens with zero attached hydrogens (tertiary/aromatic N) is 3. The normalized spacial score (nSPS) is 13.5. The van der Waals surface area contributed by atoms with Crippen LogP contribution in [0.2, 0.25) is 5.02 Å². The van der Waals surface area contributed by atoms with Gasteiger partial charge in [0.15, 0.2) is 0 Å². The lowest BCUT2D eigenvalue weighted by atomic mass is 10.1. The predicted octanol–water partition coefficient (Wildman–Crippen LogP) is 6.71. The quantitative estimate of drug-likeness (QED) is 0.148. The average molecular weight is 590 g/mol. The summed E-state index contributed by atoms with van der Waals surface area (Å²) in [4.78, 5) is 11.3. The van der Waals surface area contributed by atoms with E-state index < -0.39 is 0 Å². The van der Waals surface area contributed by atoms with Crippen LogP contribution < -0.4 is 15.4 Å². The van der Waals surface area contributed by atoms with Crippen molar-refractivity contribution >= 4 is 46.6 Å². The molecule has 1 aliphatic rings. The van der Waals surface area contributed by atoms with Crippen LogP contribution in [-0.4, -0.2) is 46.3 Å². The number of hydrogen-bond acceptors (Lipinski definition) is 8. The Morgan fingerprint density at radius 1 is 1.07 bits per heavy atom. The number of nitrogens with one attached hydrogen (secondary N) is 2. The highest BCUT2D eigenvalue weighted by Crippen LogP contribution is 2.33. The van der Waals surface area contributed by atoms with Gasteiger partial charge in [0.1, 0.15) is 41.8 Å². The molecule has 0 spiro atoms. The van der Waals surface area contributed by atoms with E-state index in [0.717, 1.165) is 71.2 Å². The first-order valence-electron chi connectivity index (χ1n) is 13.4. The monoisotopic (exact) mass is 589 g/mol. The maximum absolute atomic E-state index is 13.5. The summed E-state index contributed by atoms with van der Waals surface area (Å²) in [7, 11) is 0. The Balaban J connectivity index is 1.18. The number of anilines is 2. The van der Waals surface area contributed by atoms with Crippen molar-refractivity contribution < 1.29 is 13.5 Å². The fraction of sp³-hybridized carbons (Fsp3) is 0.226. The minimum absolute atomic E-state index is 0.211. The molecule has 1 fully saturated rings. The minimum atomic E-state index is -0.304. The highest BCUT2D eigenvalue weighted by atomic mass is 35.5. The van der Waals surface area contributed by atoms with Crippen molar-refractivity contribution in [2.75, 3.05) is 30.7 Å². The Morgan fingerprint density at radius 2 is 1.98 bits per heavy atom. The molecule has 41 heavy (non-hydrogen) atoms. The molecule has 0 amide bonds. The molecule has 3 heterocycles. The minimum Gasteiger partial charge on any atom is -0.487 e. The number of halogens is 2. The van der Waals surface area contributed by atoms with Crippen LogP contribution in [0.15, 0.2) is 83.5 Å². The van der Waals surface area contributed by atoms with Crippen LogP contribution in [0.3, 0.4) is 0 Å². The number of furan rings is 1. The van der Waals surface area contributed by atoms with Gasteiger partial charge in [-0.3, -0.25) is 4.90 Å². The molecule has 5 aromatic rings. The molecule has 0 unspecified atom stereocenters. The van der Waals surface area contributed by atoms with Gasteiger partial charge in [-0.1, -0.05) is 23.7 Å². The second-order valence-corrected chi connectivity index (χ2v) is 10.8. The standard InChI is InChI=1S/C31H29ClFN5O2S/c32-27-14-23(5-8-30(27)39-18-20-2-1-3-22(33)12-20)37-31-26-13-21(4-7-28(26)35-19-36-31)29-9-6-25(40-29)17-38(10-11-41)24-15-34-16-24/h1-9,12-14,19,24,34,41H,10-11,15-18H2,(H,35,36,37). The third kappa shape index (κ3) is 6.49. The zero-order chi connectivity index (χ0) is 28.2. The molecular formula is C31H29ClFN5O2S. The average Bonchev–Trinajstić information content (AvgIpc) is 3.40. The molecule has 3 aromatic carbocycles. The van der Waals surface area contributed by atoms with Crippen LogP contribution in [0.1, 0.15) is 11.3 Å². The van der Waals surface area contributed by atoms with E-state index in [4.69, 9.17) is 20.8 Å². The second kappa shape index (κ2) is 12.5. The first-order valence-corrected chi connectivity index (χ1v) is 14.4. The molecule has 10 heteroatoms. The summed E-state index contributed by atoms with van der Waals surface area (Å²) in [5.74, 6) is 3.36. The summed E-state index contributed by atoms with van der Waals surface area (Å²) in [6.07, 6.45) is 1.53. The molecule has 0 bridgehead atoms.